The van der Waals surface area contributed by atoms with Crippen LogP contribution in [0.25, 0.3) is 0 Å². The van der Waals surface area contributed by atoms with Gasteiger partial charge in [0, 0.05) is 13.7 Å². The fourth-order valence-corrected chi connectivity index (χ4v) is 1.12. The smallest absolute Gasteiger partial charge is 0.200 e. The first kappa shape index (κ1) is 10.2. The summed E-state index contributed by atoms with van der Waals surface area (Å²) in [7, 11) is 1.40. The van der Waals surface area contributed by atoms with E-state index in [-0.39, 0.29) is 6.61 Å². The van der Waals surface area contributed by atoms with Crippen LogP contribution in [0.1, 0.15) is 24.6 Å². The zero-order valence-corrected chi connectivity index (χ0v) is 7.77. The summed E-state index contributed by atoms with van der Waals surface area (Å²) >= 11 is 0. The van der Waals surface area contributed by atoms with Crippen molar-refractivity contribution in [3.63, 3.8) is 0 Å². The van der Waals surface area contributed by atoms with Crippen LogP contribution in [0.15, 0.2) is 6.07 Å². The van der Waals surface area contributed by atoms with Gasteiger partial charge in [-0.1, -0.05) is 0 Å². The molecule has 0 aliphatic carbocycles. The molecule has 0 saturated carbocycles. The molecule has 0 spiro atoms. The van der Waals surface area contributed by atoms with Gasteiger partial charge < -0.3 is 14.9 Å². The van der Waals surface area contributed by atoms with Crippen molar-refractivity contribution in [2.24, 2.45) is 0 Å². The van der Waals surface area contributed by atoms with E-state index < -0.39 is 6.29 Å². The van der Waals surface area contributed by atoms with E-state index in [1.165, 1.54) is 7.11 Å². The van der Waals surface area contributed by atoms with E-state index in [4.69, 9.17) is 9.84 Å². The Morgan fingerprint density at radius 2 is 2.38 bits per heavy atom. The first-order chi connectivity index (χ1) is 6.22. The molecule has 1 aromatic heterocycles. The van der Waals surface area contributed by atoms with Gasteiger partial charge in [-0.2, -0.15) is 5.10 Å². The largest absolute Gasteiger partial charge is 0.390 e. The van der Waals surface area contributed by atoms with E-state index in [0.717, 1.165) is 0 Å². The van der Waals surface area contributed by atoms with Crippen molar-refractivity contribution in [3.8, 4) is 0 Å². The molecular weight excluding hydrogens is 172 g/mol. The number of aromatic nitrogens is 2. The molecule has 0 saturated heterocycles. The predicted octanol–water partition coefficient (Wildman–Crippen LogP) is 0.0326. The summed E-state index contributed by atoms with van der Waals surface area (Å²) in [6, 6.07) is 1.62. The van der Waals surface area contributed by atoms with Crippen LogP contribution in [0.4, 0.5) is 0 Å². The van der Waals surface area contributed by atoms with Crippen LogP contribution in [0, 0.1) is 0 Å². The summed E-state index contributed by atoms with van der Waals surface area (Å²) in [6.45, 7) is 2.48. The number of nitrogens with zero attached hydrogens (tertiary/aromatic N) is 2. The normalized spacial score (nSPS) is 13.2. The molecule has 0 bridgehead atoms. The molecule has 5 heteroatoms. The summed E-state index contributed by atoms with van der Waals surface area (Å²) in [6.07, 6.45) is -1.02. The minimum Gasteiger partial charge on any atom is -0.390 e. The molecule has 2 N–H and O–H groups in total. The molecule has 0 amide bonds. The van der Waals surface area contributed by atoms with Gasteiger partial charge in [-0.25, -0.2) is 0 Å². The van der Waals surface area contributed by atoms with Crippen molar-refractivity contribution in [3.05, 3.63) is 17.5 Å². The lowest BCUT2D eigenvalue weighted by Crippen LogP contribution is -2.04. The van der Waals surface area contributed by atoms with E-state index in [2.05, 4.69) is 5.10 Å². The summed E-state index contributed by atoms with van der Waals surface area (Å²) in [5.74, 6) is 0. The second-order valence-corrected chi connectivity index (χ2v) is 2.62. The molecule has 0 aliphatic rings. The van der Waals surface area contributed by atoms with Gasteiger partial charge >= 0.3 is 0 Å². The molecule has 1 atom stereocenters. The third kappa shape index (κ3) is 2.06. The lowest BCUT2D eigenvalue weighted by molar-refractivity contribution is -0.0801. The van der Waals surface area contributed by atoms with Crippen molar-refractivity contribution in [1.29, 1.82) is 0 Å². The van der Waals surface area contributed by atoms with Crippen LogP contribution in [0.2, 0.25) is 0 Å². The maximum absolute atomic E-state index is 9.28. The second-order valence-electron chi connectivity index (χ2n) is 2.62. The topological polar surface area (TPSA) is 67.5 Å². The molecule has 1 rings (SSSR count). The lowest BCUT2D eigenvalue weighted by atomic mass is 10.3. The Morgan fingerprint density at radius 1 is 1.69 bits per heavy atom. The number of rotatable bonds is 4. The first-order valence-electron chi connectivity index (χ1n) is 4.11. The number of aliphatic hydroxyl groups excluding tert-OH is 2. The number of aryl methyl sites for hydroxylation is 1. The molecule has 1 aromatic rings. The Morgan fingerprint density at radius 3 is 2.77 bits per heavy atom. The van der Waals surface area contributed by atoms with Crippen LogP contribution in [0.3, 0.4) is 0 Å². The quantitative estimate of drug-likeness (QED) is 0.651. The van der Waals surface area contributed by atoms with Gasteiger partial charge in [0.1, 0.15) is 5.69 Å². The summed E-state index contributed by atoms with van der Waals surface area (Å²) in [5.41, 5.74) is 1.10. The van der Waals surface area contributed by atoms with Gasteiger partial charge in [-0.3, -0.25) is 4.68 Å². The summed E-state index contributed by atoms with van der Waals surface area (Å²) < 4.78 is 6.31. The molecular formula is C8H14N2O3. The second kappa shape index (κ2) is 4.36. The highest BCUT2D eigenvalue weighted by Crippen LogP contribution is 2.13. The molecule has 0 aromatic carbocycles. The highest BCUT2D eigenvalue weighted by Gasteiger charge is 2.12. The van der Waals surface area contributed by atoms with Gasteiger partial charge in [-0.15, -0.1) is 0 Å². The van der Waals surface area contributed by atoms with E-state index in [1.54, 1.807) is 10.7 Å². The van der Waals surface area contributed by atoms with Crippen LogP contribution < -0.4 is 0 Å². The van der Waals surface area contributed by atoms with Gasteiger partial charge in [0.15, 0.2) is 6.29 Å². The van der Waals surface area contributed by atoms with Crippen LogP contribution in [0.5, 0.6) is 0 Å². The van der Waals surface area contributed by atoms with E-state index in [1.807, 2.05) is 6.92 Å². The third-order valence-corrected chi connectivity index (χ3v) is 1.82. The highest BCUT2D eigenvalue weighted by molar-refractivity contribution is 5.10. The molecule has 13 heavy (non-hydrogen) atoms. The van der Waals surface area contributed by atoms with Crippen molar-refractivity contribution in [2.45, 2.75) is 26.4 Å². The first-order valence-corrected chi connectivity index (χ1v) is 4.11. The zero-order valence-electron chi connectivity index (χ0n) is 7.77. The molecule has 5 nitrogen and oxygen atoms in total. The van der Waals surface area contributed by atoms with Gasteiger partial charge in [-0.05, 0) is 13.0 Å². The Kier molecular flexibility index (Phi) is 3.41. The minimum absolute atomic E-state index is 0.0860. The fourth-order valence-electron chi connectivity index (χ4n) is 1.12. The molecule has 0 fully saturated rings. The highest BCUT2D eigenvalue weighted by atomic mass is 16.6. The maximum Gasteiger partial charge on any atom is 0.200 e. The molecule has 0 radical (unpaired) electrons. The predicted molar refractivity (Wildman–Crippen MR) is 45.8 cm³/mol. The standard InChI is InChI=1S/C8H14N2O3/c1-3-10-6(5-11)4-7(9-10)8(12)13-2/h4,8,11-12H,3,5H2,1-2H3. The van der Waals surface area contributed by atoms with Gasteiger partial charge in [0.2, 0.25) is 0 Å². The SMILES string of the molecule is CCn1nc(C(O)OC)cc1CO. The lowest BCUT2D eigenvalue weighted by Gasteiger charge is -2.03. The Balaban J connectivity index is 2.92. The number of ether oxygens (including phenoxy) is 1. The molecule has 0 aliphatic heterocycles. The Bertz CT molecular complexity index is 251. The number of hydrogen-bond donors (Lipinski definition) is 2. The minimum atomic E-state index is -1.02. The van der Waals surface area contributed by atoms with Crippen molar-refractivity contribution in [1.82, 2.24) is 9.78 Å². The van der Waals surface area contributed by atoms with Gasteiger partial charge in [0.25, 0.3) is 0 Å². The third-order valence-electron chi connectivity index (χ3n) is 1.82. The maximum atomic E-state index is 9.28. The number of methoxy groups -OCH3 is 1. The number of aliphatic hydroxyl groups is 2. The fraction of sp³-hybridized carbons (Fsp3) is 0.625. The Hall–Kier alpha value is -0.910. The summed E-state index contributed by atoms with van der Waals surface area (Å²) in [5, 5.41) is 22.3. The molecule has 74 valence electrons. The van der Waals surface area contributed by atoms with Crippen LogP contribution in [-0.4, -0.2) is 27.1 Å². The molecule has 1 unspecified atom stereocenters. The summed E-state index contributed by atoms with van der Waals surface area (Å²) in [4.78, 5) is 0. The zero-order chi connectivity index (χ0) is 9.84. The van der Waals surface area contributed by atoms with Crippen LogP contribution >= 0.6 is 0 Å². The average Bonchev–Trinajstić information content (AvgIpc) is 2.59. The van der Waals surface area contributed by atoms with Crippen LogP contribution in [-0.2, 0) is 17.9 Å². The van der Waals surface area contributed by atoms with Crippen molar-refractivity contribution >= 4 is 0 Å². The van der Waals surface area contributed by atoms with E-state index in [9.17, 15) is 5.11 Å². The van der Waals surface area contributed by atoms with Crippen molar-refractivity contribution < 1.29 is 14.9 Å². The van der Waals surface area contributed by atoms with Crippen molar-refractivity contribution in [2.75, 3.05) is 7.11 Å². The average molecular weight is 186 g/mol. The molecule has 1 heterocycles. The van der Waals surface area contributed by atoms with Gasteiger partial charge in [0.05, 0.1) is 12.3 Å². The number of hydrogen-bond acceptors (Lipinski definition) is 4. The van der Waals surface area contributed by atoms with E-state index in [0.29, 0.717) is 17.9 Å². The monoisotopic (exact) mass is 186 g/mol. The van der Waals surface area contributed by atoms with E-state index >= 15 is 0 Å². The Labute approximate surface area is 76.6 Å².